The van der Waals surface area contributed by atoms with Gasteiger partial charge in [-0.15, -0.1) is 0 Å². The number of thiocarbonyl (C=S) groups is 1. The molecule has 2 atom stereocenters. The molecular weight excluding hydrogens is 623 g/mol. The molecule has 3 aromatic rings. The zero-order valence-electron chi connectivity index (χ0n) is 26.2. The normalized spacial score (nSPS) is 14.0. The Morgan fingerprint density at radius 3 is 2.66 bits per heavy atom. The van der Waals surface area contributed by atoms with Crippen LogP contribution in [0.5, 0.6) is 11.5 Å². The van der Waals surface area contributed by atoms with Gasteiger partial charge >= 0.3 is 5.97 Å². The van der Waals surface area contributed by atoms with Gasteiger partial charge in [0.1, 0.15) is 22.7 Å². The molecule has 1 aromatic heterocycles. The van der Waals surface area contributed by atoms with Crippen molar-refractivity contribution in [2.45, 2.75) is 64.4 Å². The van der Waals surface area contributed by atoms with Crippen LogP contribution in [-0.2, 0) is 6.42 Å². The number of hydrogen-bond acceptors (Lipinski definition) is 8. The van der Waals surface area contributed by atoms with Crippen molar-refractivity contribution in [2.75, 3.05) is 6.61 Å². The van der Waals surface area contributed by atoms with Crippen LogP contribution in [0, 0.1) is 5.82 Å². The second-order valence-electron chi connectivity index (χ2n) is 11.2. The number of carboxylic acid groups (broad SMARTS) is 1. The van der Waals surface area contributed by atoms with Crippen molar-refractivity contribution in [1.82, 2.24) is 0 Å². The van der Waals surface area contributed by atoms with Crippen molar-refractivity contribution in [3.8, 4) is 11.5 Å². The van der Waals surface area contributed by atoms with Gasteiger partial charge in [-0.25, -0.2) is 9.18 Å². The molecule has 246 valence electrons. The SMILES string of the molecule is CCCc1c(OCCCC/C=C\C=C\[C@@H](c2c(C(=O)O)oc3c(c2=O)=CCC(=S)C=3)[C@@H](O)c2cccc(F)c2)ccc(C(C)=O)c1O. The van der Waals surface area contributed by atoms with Gasteiger partial charge in [0.05, 0.1) is 29.1 Å². The van der Waals surface area contributed by atoms with E-state index in [9.17, 15) is 34.1 Å². The van der Waals surface area contributed by atoms with Crippen LogP contribution in [0.1, 0.15) is 95.6 Å². The predicted octanol–water partition coefficient (Wildman–Crippen LogP) is 5.85. The largest absolute Gasteiger partial charge is 0.507 e. The van der Waals surface area contributed by atoms with Crippen molar-refractivity contribution in [3.05, 3.63) is 115 Å². The van der Waals surface area contributed by atoms with E-state index in [1.165, 1.54) is 37.3 Å². The number of benzene rings is 2. The number of fused-ring (bicyclic) bond motifs is 1. The minimum Gasteiger partial charge on any atom is -0.507 e. The first-order chi connectivity index (χ1) is 22.5. The predicted molar refractivity (Wildman–Crippen MR) is 181 cm³/mol. The van der Waals surface area contributed by atoms with E-state index < -0.39 is 35.0 Å². The Morgan fingerprint density at radius 1 is 1.17 bits per heavy atom. The first-order valence-corrected chi connectivity index (χ1v) is 15.8. The molecule has 0 aliphatic heterocycles. The number of Topliss-reactive ketones (excluding diaryl/α,β-unsaturated/α-hetero) is 1. The number of hydrogen-bond donors (Lipinski definition) is 3. The molecule has 0 bridgehead atoms. The van der Waals surface area contributed by atoms with E-state index in [2.05, 4.69) is 0 Å². The number of unbranched alkanes of at least 4 members (excludes halogenated alkanes) is 2. The van der Waals surface area contributed by atoms with Crippen LogP contribution in [0.15, 0.2) is 69.9 Å². The van der Waals surface area contributed by atoms with Gasteiger partial charge in [0.25, 0.3) is 0 Å². The van der Waals surface area contributed by atoms with E-state index in [0.717, 1.165) is 18.9 Å². The highest BCUT2D eigenvalue weighted by Crippen LogP contribution is 2.34. The van der Waals surface area contributed by atoms with Crippen LogP contribution in [0.25, 0.3) is 12.2 Å². The Morgan fingerprint density at radius 2 is 1.96 bits per heavy atom. The van der Waals surface area contributed by atoms with Gasteiger partial charge in [-0.2, -0.15) is 0 Å². The maximum atomic E-state index is 14.1. The summed E-state index contributed by atoms with van der Waals surface area (Å²) < 4.78 is 25.6. The van der Waals surface area contributed by atoms with Crippen molar-refractivity contribution >= 4 is 41.0 Å². The summed E-state index contributed by atoms with van der Waals surface area (Å²) in [5.74, 6) is -3.56. The van der Waals surface area contributed by atoms with E-state index in [1.54, 1.807) is 30.4 Å². The molecule has 0 spiro atoms. The summed E-state index contributed by atoms with van der Waals surface area (Å²) in [5, 5.41) is 32.0. The third kappa shape index (κ3) is 8.58. The lowest BCUT2D eigenvalue weighted by Crippen LogP contribution is -2.45. The van der Waals surface area contributed by atoms with Crippen LogP contribution in [0.4, 0.5) is 4.39 Å². The first-order valence-electron chi connectivity index (χ1n) is 15.4. The lowest BCUT2D eigenvalue weighted by Gasteiger charge is -2.21. The molecule has 0 unspecified atom stereocenters. The molecule has 1 aliphatic rings. The minimum atomic E-state index is -1.49. The Hall–Kier alpha value is -4.67. The average Bonchev–Trinajstić information content (AvgIpc) is 3.03. The molecule has 0 radical (unpaired) electrons. The van der Waals surface area contributed by atoms with Crippen molar-refractivity contribution < 1.29 is 38.5 Å². The molecule has 0 saturated heterocycles. The number of phenols is 1. The standard InChI is InChI=1S/C37H37FO8S/c1-3-11-27-30(18-17-26(22(2)39)34(27)41)45-19-9-7-5-4-6-8-14-29(33(40)23-12-10-13-24(38)20-23)32-35(42)28-16-15-25(47)21-31(28)46-36(32)37(43)44/h4,6,8,10,12-14,16-18,20-21,29,33,40-41H,3,5,7,9,11,15,19H2,1-2H3,(H,43,44)/b6-4-,14-8+/t29-,33-/m0/s1. The van der Waals surface area contributed by atoms with E-state index in [0.29, 0.717) is 48.5 Å². The molecule has 8 nitrogen and oxygen atoms in total. The van der Waals surface area contributed by atoms with E-state index in [1.807, 2.05) is 13.0 Å². The van der Waals surface area contributed by atoms with E-state index >= 15 is 0 Å². The summed E-state index contributed by atoms with van der Waals surface area (Å²) in [4.78, 5) is 38.2. The number of ether oxygens (including phenoxy) is 1. The topological polar surface area (TPSA) is 134 Å². The van der Waals surface area contributed by atoms with Gasteiger partial charge in [0, 0.05) is 22.8 Å². The number of allylic oxidation sites excluding steroid dienone is 3. The maximum absolute atomic E-state index is 14.1. The molecule has 2 aromatic carbocycles. The lowest BCUT2D eigenvalue weighted by atomic mass is 9.87. The molecule has 0 saturated carbocycles. The number of carbonyl (C=O) groups excluding carboxylic acids is 1. The Labute approximate surface area is 276 Å². The average molecular weight is 661 g/mol. The molecule has 0 fully saturated rings. The fourth-order valence-corrected chi connectivity index (χ4v) is 5.63. The summed E-state index contributed by atoms with van der Waals surface area (Å²) >= 11 is 5.19. The van der Waals surface area contributed by atoms with Crippen molar-refractivity contribution in [1.29, 1.82) is 0 Å². The van der Waals surface area contributed by atoms with E-state index in [-0.39, 0.29) is 38.9 Å². The van der Waals surface area contributed by atoms with E-state index in [4.69, 9.17) is 21.4 Å². The van der Waals surface area contributed by atoms with Crippen molar-refractivity contribution in [3.63, 3.8) is 0 Å². The highest BCUT2D eigenvalue weighted by atomic mass is 32.1. The lowest BCUT2D eigenvalue weighted by molar-refractivity contribution is 0.0650. The fraction of sp³-hybridized carbons (Fsp3) is 0.297. The molecule has 1 heterocycles. The number of carbonyl (C=O) groups is 2. The second-order valence-corrected chi connectivity index (χ2v) is 11.7. The quantitative estimate of drug-likeness (QED) is 0.0794. The summed E-state index contributed by atoms with van der Waals surface area (Å²) in [5.41, 5.74) is 0.252. The zero-order chi connectivity index (χ0) is 34.1. The van der Waals surface area contributed by atoms with Crippen LogP contribution >= 0.6 is 12.2 Å². The van der Waals surface area contributed by atoms with Gasteiger partial charge in [0.2, 0.25) is 5.76 Å². The number of aliphatic hydroxyl groups excluding tert-OH is 1. The number of aliphatic hydroxyl groups is 1. The van der Waals surface area contributed by atoms with Crippen molar-refractivity contribution in [2.24, 2.45) is 0 Å². The van der Waals surface area contributed by atoms with Crippen LogP contribution < -0.4 is 20.8 Å². The Balaban J connectivity index is 1.49. The third-order valence-corrected chi connectivity index (χ3v) is 8.06. The summed E-state index contributed by atoms with van der Waals surface area (Å²) in [6.45, 7) is 3.80. The number of halogens is 1. The zero-order valence-corrected chi connectivity index (χ0v) is 27.0. The molecule has 1 aliphatic carbocycles. The summed E-state index contributed by atoms with van der Waals surface area (Å²) in [6.07, 6.45) is 12.1. The van der Waals surface area contributed by atoms with Gasteiger partial charge in [0.15, 0.2) is 11.2 Å². The maximum Gasteiger partial charge on any atom is 0.372 e. The van der Waals surface area contributed by atoms with Crippen LogP contribution in [0.3, 0.4) is 0 Å². The number of rotatable bonds is 15. The smallest absolute Gasteiger partial charge is 0.372 e. The third-order valence-electron chi connectivity index (χ3n) is 7.78. The highest BCUT2D eigenvalue weighted by molar-refractivity contribution is 7.81. The molecule has 47 heavy (non-hydrogen) atoms. The fourth-order valence-electron chi connectivity index (χ4n) is 5.44. The Kier molecular flexibility index (Phi) is 12.2. The molecule has 4 rings (SSSR count). The number of aromatic hydroxyl groups is 1. The monoisotopic (exact) mass is 660 g/mol. The van der Waals surface area contributed by atoms with Gasteiger partial charge in [-0.1, -0.05) is 68.1 Å². The Bertz CT molecular complexity index is 1910. The molecule has 3 N–H and O–H groups in total. The van der Waals surface area contributed by atoms with Crippen LogP contribution in [0.2, 0.25) is 0 Å². The second kappa shape index (κ2) is 16.2. The molecular formula is C37H37FO8S. The molecule has 10 heteroatoms. The number of carboxylic acids is 1. The summed E-state index contributed by atoms with van der Waals surface area (Å²) in [7, 11) is 0. The van der Waals surface area contributed by atoms with Gasteiger partial charge in [-0.05, 0) is 68.5 Å². The highest BCUT2D eigenvalue weighted by Gasteiger charge is 2.31. The van der Waals surface area contributed by atoms with Crippen LogP contribution in [-0.4, -0.2) is 38.5 Å². The number of phenolic OH excluding ortho intramolecular Hbond substituents is 1. The number of ketones is 1. The minimum absolute atomic E-state index is 0.0309. The van der Waals surface area contributed by atoms with Gasteiger partial charge < -0.3 is 24.5 Å². The summed E-state index contributed by atoms with van der Waals surface area (Å²) in [6, 6.07) is 8.55. The van der Waals surface area contributed by atoms with Gasteiger partial charge in [-0.3, -0.25) is 9.59 Å². The molecule has 0 amide bonds. The first kappa shape index (κ1) is 35.2. The number of aromatic carboxylic acids is 1.